The minimum atomic E-state index is -5.00. The summed E-state index contributed by atoms with van der Waals surface area (Å²) in [7, 11) is 0. The molecule has 3 amide bonds. The molecule has 0 atom stereocenters. The zero-order chi connectivity index (χ0) is 31.6. The van der Waals surface area contributed by atoms with E-state index in [0.717, 1.165) is 12.8 Å². The second-order valence-corrected chi connectivity index (χ2v) is 11.6. The normalized spacial score (nSPS) is 17.8. The molecule has 0 aliphatic heterocycles. The van der Waals surface area contributed by atoms with Gasteiger partial charge in [-0.05, 0) is 78.1 Å². The second-order valence-electron chi connectivity index (χ2n) is 11.6. The van der Waals surface area contributed by atoms with E-state index in [1.165, 1.54) is 17.0 Å². The first kappa shape index (κ1) is 31.8. The predicted molar refractivity (Wildman–Crippen MR) is 145 cm³/mol. The summed E-state index contributed by atoms with van der Waals surface area (Å²) in [6.45, 7) is 6.30. The SMILES string of the molecule is CC(C)(C)C1CCC(N(Cc2ccc(C(=O)Nc3nn[nH]n3)cc2)C(=O)Nc2cc(C(F)(F)F)ccc2C(F)(F)F)CC1. The molecule has 1 saturated carbocycles. The van der Waals surface area contributed by atoms with E-state index >= 15 is 0 Å². The highest BCUT2D eigenvalue weighted by Gasteiger charge is 2.39. The predicted octanol–water partition coefficient (Wildman–Crippen LogP) is 7.13. The van der Waals surface area contributed by atoms with E-state index in [1.807, 2.05) is 0 Å². The number of alkyl halides is 6. The highest BCUT2D eigenvalue weighted by atomic mass is 19.4. The number of nitrogens with zero attached hydrogens (tertiary/aromatic N) is 4. The molecule has 1 heterocycles. The van der Waals surface area contributed by atoms with Gasteiger partial charge in [-0.15, -0.1) is 5.10 Å². The van der Waals surface area contributed by atoms with Gasteiger partial charge >= 0.3 is 18.4 Å². The van der Waals surface area contributed by atoms with Crippen LogP contribution < -0.4 is 10.6 Å². The van der Waals surface area contributed by atoms with Crippen LogP contribution in [0.25, 0.3) is 0 Å². The first-order chi connectivity index (χ1) is 20.0. The molecule has 1 aliphatic rings. The maximum atomic E-state index is 13.7. The molecule has 0 radical (unpaired) electrons. The van der Waals surface area contributed by atoms with Crippen LogP contribution in [0, 0.1) is 11.3 Å². The number of benzene rings is 2. The Morgan fingerprint density at radius 1 is 0.907 bits per heavy atom. The molecule has 232 valence electrons. The number of aromatic nitrogens is 4. The van der Waals surface area contributed by atoms with Crippen LogP contribution in [-0.2, 0) is 18.9 Å². The first-order valence-corrected chi connectivity index (χ1v) is 13.5. The van der Waals surface area contributed by atoms with Gasteiger partial charge in [0.05, 0.1) is 16.8 Å². The summed E-state index contributed by atoms with van der Waals surface area (Å²) in [6, 6.07) is 5.76. The standard InChI is InChI=1S/C28H31F6N7O2/c1-26(2,3)18-8-11-20(12-9-18)41(15-16-4-6-17(7-5-16)23(42)36-24-37-39-40-38-24)25(43)35-22-14-19(27(29,30)31)10-13-21(22)28(32,33)34/h4-7,10,13-14,18,20H,8-9,11-12,15H2,1-3H3,(H,35,43)(H2,36,37,38,39,40,42). The van der Waals surface area contributed by atoms with Crippen LogP contribution >= 0.6 is 0 Å². The Morgan fingerprint density at radius 3 is 2.09 bits per heavy atom. The van der Waals surface area contributed by atoms with Gasteiger partial charge in [0.25, 0.3) is 11.9 Å². The third-order valence-corrected chi connectivity index (χ3v) is 7.66. The molecule has 1 aliphatic carbocycles. The van der Waals surface area contributed by atoms with Crippen molar-refractivity contribution in [1.29, 1.82) is 0 Å². The molecule has 4 rings (SSSR count). The van der Waals surface area contributed by atoms with Crippen molar-refractivity contribution in [3.8, 4) is 0 Å². The molecule has 15 heteroatoms. The second kappa shape index (κ2) is 12.2. The summed E-state index contributed by atoms with van der Waals surface area (Å²) < 4.78 is 81.2. The Hall–Kier alpha value is -4.17. The van der Waals surface area contributed by atoms with Crippen LogP contribution in [0.3, 0.4) is 0 Å². The Kier molecular flexibility index (Phi) is 9.02. The van der Waals surface area contributed by atoms with Gasteiger partial charge in [0.1, 0.15) is 0 Å². The highest BCUT2D eigenvalue weighted by molar-refractivity contribution is 6.03. The van der Waals surface area contributed by atoms with Gasteiger partial charge < -0.3 is 10.2 Å². The number of amides is 3. The molecule has 1 fully saturated rings. The molecular formula is C28H31F6N7O2. The lowest BCUT2D eigenvalue weighted by atomic mass is 9.71. The summed E-state index contributed by atoms with van der Waals surface area (Å²) in [5, 5.41) is 17.4. The monoisotopic (exact) mass is 611 g/mol. The third kappa shape index (κ3) is 8.02. The number of nitrogens with one attached hydrogen (secondary N) is 3. The van der Waals surface area contributed by atoms with Crippen LogP contribution in [-0.4, -0.2) is 43.5 Å². The summed E-state index contributed by atoms with van der Waals surface area (Å²) in [5.41, 5.74) is -2.85. The average molecular weight is 612 g/mol. The van der Waals surface area contributed by atoms with Crippen molar-refractivity contribution in [3.63, 3.8) is 0 Å². The Bertz CT molecular complexity index is 1410. The fourth-order valence-electron chi connectivity index (χ4n) is 5.23. The first-order valence-electron chi connectivity index (χ1n) is 13.5. The molecule has 9 nitrogen and oxygen atoms in total. The largest absolute Gasteiger partial charge is 0.418 e. The zero-order valence-electron chi connectivity index (χ0n) is 23.6. The van der Waals surface area contributed by atoms with E-state index in [0.29, 0.717) is 42.5 Å². The molecule has 0 saturated heterocycles. The van der Waals surface area contributed by atoms with E-state index in [9.17, 15) is 35.9 Å². The maximum Gasteiger partial charge on any atom is 0.418 e. The quantitative estimate of drug-likeness (QED) is 0.257. The number of tetrazole rings is 1. The van der Waals surface area contributed by atoms with E-state index in [4.69, 9.17) is 0 Å². The van der Waals surface area contributed by atoms with Crippen molar-refractivity contribution < 1.29 is 35.9 Å². The summed E-state index contributed by atoms with van der Waals surface area (Å²) >= 11 is 0. The third-order valence-electron chi connectivity index (χ3n) is 7.66. The van der Waals surface area contributed by atoms with Gasteiger partial charge in [-0.3, -0.25) is 10.1 Å². The lowest BCUT2D eigenvalue weighted by Gasteiger charge is -2.41. The van der Waals surface area contributed by atoms with Gasteiger partial charge in [0.15, 0.2) is 0 Å². The number of H-pyrrole nitrogens is 1. The number of anilines is 2. The average Bonchev–Trinajstić information content (AvgIpc) is 3.43. The molecule has 1 aromatic heterocycles. The van der Waals surface area contributed by atoms with E-state index < -0.39 is 41.1 Å². The molecule has 0 spiro atoms. The van der Waals surface area contributed by atoms with E-state index in [-0.39, 0.29) is 29.5 Å². The minimum absolute atomic E-state index is 0.0234. The van der Waals surface area contributed by atoms with Gasteiger partial charge in [-0.1, -0.05) is 38.0 Å². The number of aromatic amines is 1. The Labute approximate surface area is 243 Å². The van der Waals surface area contributed by atoms with Gasteiger partial charge in [0, 0.05) is 18.2 Å². The molecular weight excluding hydrogens is 580 g/mol. The van der Waals surface area contributed by atoms with Crippen molar-refractivity contribution in [2.24, 2.45) is 11.3 Å². The van der Waals surface area contributed by atoms with E-state index in [1.54, 1.807) is 12.1 Å². The molecule has 3 aromatic rings. The molecule has 3 N–H and O–H groups in total. The van der Waals surface area contributed by atoms with Crippen LogP contribution in [0.4, 0.5) is 42.8 Å². The van der Waals surface area contributed by atoms with Crippen molar-refractivity contribution in [2.75, 3.05) is 10.6 Å². The number of urea groups is 1. The van der Waals surface area contributed by atoms with Crippen molar-refractivity contribution in [3.05, 3.63) is 64.7 Å². The van der Waals surface area contributed by atoms with Crippen LogP contribution in [0.1, 0.15) is 73.5 Å². The lowest BCUT2D eigenvalue weighted by molar-refractivity contribution is -0.140. The summed E-state index contributed by atoms with van der Waals surface area (Å²) in [5.74, 6) is -0.186. The number of hydrogen-bond donors (Lipinski definition) is 3. The number of rotatable bonds is 6. The Balaban J connectivity index is 1.59. The number of carbonyl (C=O) groups excluding carboxylic acids is 2. The number of halogens is 6. The van der Waals surface area contributed by atoms with Crippen LogP contribution in [0.2, 0.25) is 0 Å². The zero-order valence-corrected chi connectivity index (χ0v) is 23.6. The van der Waals surface area contributed by atoms with Crippen molar-refractivity contribution >= 4 is 23.6 Å². The molecule has 0 bridgehead atoms. The van der Waals surface area contributed by atoms with E-state index in [2.05, 4.69) is 52.0 Å². The maximum absolute atomic E-state index is 13.7. The fourth-order valence-corrected chi connectivity index (χ4v) is 5.23. The molecule has 43 heavy (non-hydrogen) atoms. The molecule has 2 aromatic carbocycles. The topological polar surface area (TPSA) is 116 Å². The van der Waals surface area contributed by atoms with Gasteiger partial charge in [-0.2, -0.15) is 31.6 Å². The molecule has 0 unspecified atom stereocenters. The van der Waals surface area contributed by atoms with Gasteiger partial charge in [-0.25, -0.2) is 4.79 Å². The minimum Gasteiger partial charge on any atom is -0.317 e. The van der Waals surface area contributed by atoms with Crippen molar-refractivity contribution in [2.45, 2.75) is 71.4 Å². The number of carbonyl (C=O) groups is 2. The van der Waals surface area contributed by atoms with Crippen LogP contribution in [0.5, 0.6) is 0 Å². The smallest absolute Gasteiger partial charge is 0.317 e. The van der Waals surface area contributed by atoms with Crippen molar-refractivity contribution in [1.82, 2.24) is 25.5 Å². The number of hydrogen-bond acceptors (Lipinski definition) is 5. The Morgan fingerprint density at radius 2 is 1.56 bits per heavy atom. The van der Waals surface area contributed by atoms with Gasteiger partial charge in [0.2, 0.25) is 0 Å². The summed E-state index contributed by atoms with van der Waals surface area (Å²) in [6.07, 6.45) is -7.24. The fraction of sp³-hybridized carbons (Fsp3) is 0.464. The lowest BCUT2D eigenvalue weighted by Crippen LogP contribution is -2.45. The van der Waals surface area contributed by atoms with Crippen LogP contribution in [0.15, 0.2) is 42.5 Å². The highest BCUT2D eigenvalue weighted by Crippen LogP contribution is 2.41. The summed E-state index contributed by atoms with van der Waals surface area (Å²) in [4.78, 5) is 27.4.